The van der Waals surface area contributed by atoms with Crippen LogP contribution in [0.15, 0.2) is 16.8 Å². The molecule has 0 atom stereocenters. The van der Waals surface area contributed by atoms with Crippen LogP contribution in [-0.2, 0) is 16.1 Å². The van der Waals surface area contributed by atoms with Crippen LogP contribution in [0.25, 0.3) is 0 Å². The van der Waals surface area contributed by atoms with Gasteiger partial charge in [0.25, 0.3) is 0 Å². The fourth-order valence-electron chi connectivity index (χ4n) is 0.920. The summed E-state index contributed by atoms with van der Waals surface area (Å²) in [6.07, 6.45) is -6.56. The number of esters is 1. The molecule has 1 aromatic rings. The van der Waals surface area contributed by atoms with Crippen molar-refractivity contribution in [2.24, 2.45) is 0 Å². The molecule has 108 valence electrons. The number of thiophene rings is 1. The first kappa shape index (κ1) is 15.7. The summed E-state index contributed by atoms with van der Waals surface area (Å²) in [6, 6.07) is 1.33. The van der Waals surface area contributed by atoms with Gasteiger partial charge in [-0.15, -0.1) is 0 Å². The SMILES string of the molecule is O=C(OCc1ccsc1)C(F)(F)C(F)(F)C(F)(F)F. The van der Waals surface area contributed by atoms with Gasteiger partial charge in [-0.1, -0.05) is 0 Å². The van der Waals surface area contributed by atoms with E-state index in [4.69, 9.17) is 0 Å². The predicted molar refractivity (Wildman–Crippen MR) is 50.1 cm³/mol. The third kappa shape index (κ3) is 2.99. The summed E-state index contributed by atoms with van der Waals surface area (Å²) in [4.78, 5) is 10.7. The van der Waals surface area contributed by atoms with E-state index in [-0.39, 0.29) is 5.56 Å². The van der Waals surface area contributed by atoms with Gasteiger partial charge >= 0.3 is 24.0 Å². The molecule has 0 amide bonds. The van der Waals surface area contributed by atoms with Gasteiger partial charge in [0, 0.05) is 5.56 Å². The molecule has 0 N–H and O–H groups in total. The van der Waals surface area contributed by atoms with Crippen molar-refractivity contribution in [1.82, 2.24) is 0 Å². The molecular formula is C9H5F7O2S. The lowest BCUT2D eigenvalue weighted by Crippen LogP contribution is -2.56. The van der Waals surface area contributed by atoms with Crippen molar-refractivity contribution in [3.8, 4) is 0 Å². The summed E-state index contributed by atoms with van der Waals surface area (Å²) >= 11 is 1.10. The van der Waals surface area contributed by atoms with Gasteiger partial charge in [-0.2, -0.15) is 42.1 Å². The molecule has 0 aromatic carbocycles. The molecule has 1 rings (SSSR count). The minimum absolute atomic E-state index is 0.199. The molecule has 19 heavy (non-hydrogen) atoms. The normalized spacial score (nSPS) is 13.4. The van der Waals surface area contributed by atoms with Crippen LogP contribution in [0.1, 0.15) is 5.56 Å². The Morgan fingerprint density at radius 1 is 1.16 bits per heavy atom. The molecule has 0 aliphatic heterocycles. The molecule has 10 heteroatoms. The van der Waals surface area contributed by atoms with Gasteiger partial charge in [-0.3, -0.25) is 0 Å². The van der Waals surface area contributed by atoms with Gasteiger partial charge in [-0.25, -0.2) is 4.79 Å². The van der Waals surface area contributed by atoms with Crippen molar-refractivity contribution in [2.75, 3.05) is 0 Å². The second-order valence-electron chi connectivity index (χ2n) is 3.35. The first-order chi connectivity index (χ1) is 8.50. The van der Waals surface area contributed by atoms with E-state index in [2.05, 4.69) is 4.74 Å². The lowest BCUT2D eigenvalue weighted by molar-refractivity contribution is -0.348. The number of ether oxygens (including phenoxy) is 1. The van der Waals surface area contributed by atoms with Crippen LogP contribution in [-0.4, -0.2) is 24.0 Å². The number of carbonyl (C=O) groups excluding carboxylic acids is 1. The van der Waals surface area contributed by atoms with Gasteiger partial charge in [0.1, 0.15) is 6.61 Å². The summed E-state index contributed by atoms with van der Waals surface area (Å²) in [6.45, 7) is -0.814. The van der Waals surface area contributed by atoms with Crippen LogP contribution in [0, 0.1) is 0 Å². The average Bonchev–Trinajstić information content (AvgIpc) is 2.76. The maximum absolute atomic E-state index is 12.8. The van der Waals surface area contributed by atoms with Crippen LogP contribution in [0.2, 0.25) is 0 Å². The molecule has 0 saturated heterocycles. The minimum Gasteiger partial charge on any atom is -0.456 e. The van der Waals surface area contributed by atoms with Crippen LogP contribution in [0.5, 0.6) is 0 Å². The molecule has 0 aliphatic rings. The number of rotatable bonds is 4. The van der Waals surface area contributed by atoms with E-state index >= 15 is 0 Å². The minimum atomic E-state index is -6.56. The fourth-order valence-corrected chi connectivity index (χ4v) is 1.57. The lowest BCUT2D eigenvalue weighted by Gasteiger charge is -2.26. The highest BCUT2D eigenvalue weighted by Crippen LogP contribution is 2.47. The molecule has 0 unspecified atom stereocenters. The Balaban J connectivity index is 2.79. The van der Waals surface area contributed by atoms with Crippen molar-refractivity contribution < 1.29 is 40.3 Å². The zero-order chi connectivity index (χ0) is 14.9. The zero-order valence-corrected chi connectivity index (χ0v) is 9.63. The van der Waals surface area contributed by atoms with E-state index < -0.39 is 30.6 Å². The third-order valence-electron chi connectivity index (χ3n) is 1.96. The quantitative estimate of drug-likeness (QED) is 0.627. The molecule has 2 nitrogen and oxygen atoms in total. The van der Waals surface area contributed by atoms with Crippen molar-refractivity contribution in [3.05, 3.63) is 22.4 Å². The number of alkyl halides is 7. The average molecular weight is 310 g/mol. The van der Waals surface area contributed by atoms with E-state index in [1.54, 1.807) is 0 Å². The van der Waals surface area contributed by atoms with Crippen LogP contribution >= 0.6 is 11.3 Å². The predicted octanol–water partition coefficient (Wildman–Crippen LogP) is 3.62. The molecule has 0 fully saturated rings. The third-order valence-corrected chi connectivity index (χ3v) is 2.69. The monoisotopic (exact) mass is 310 g/mol. The highest BCUT2D eigenvalue weighted by Gasteiger charge is 2.77. The highest BCUT2D eigenvalue weighted by molar-refractivity contribution is 7.07. The lowest BCUT2D eigenvalue weighted by atomic mass is 10.1. The molecule has 0 bridgehead atoms. The first-order valence-corrected chi connectivity index (χ1v) is 5.45. The van der Waals surface area contributed by atoms with Gasteiger partial charge in [0.2, 0.25) is 0 Å². The van der Waals surface area contributed by atoms with E-state index in [9.17, 15) is 35.5 Å². The van der Waals surface area contributed by atoms with E-state index in [0.717, 1.165) is 11.3 Å². The maximum Gasteiger partial charge on any atom is 0.460 e. The molecule has 1 heterocycles. The molecule has 0 spiro atoms. The fraction of sp³-hybridized carbons (Fsp3) is 0.444. The Morgan fingerprint density at radius 3 is 2.16 bits per heavy atom. The van der Waals surface area contributed by atoms with Gasteiger partial charge in [-0.05, 0) is 16.8 Å². The molecule has 0 aliphatic carbocycles. The smallest absolute Gasteiger partial charge is 0.456 e. The van der Waals surface area contributed by atoms with Crippen LogP contribution < -0.4 is 0 Å². The Labute approximate surface area is 105 Å². The first-order valence-electron chi connectivity index (χ1n) is 4.51. The highest BCUT2D eigenvalue weighted by atomic mass is 32.1. The van der Waals surface area contributed by atoms with E-state index in [1.165, 1.54) is 16.8 Å². The summed E-state index contributed by atoms with van der Waals surface area (Å²) in [5.41, 5.74) is 0.199. The summed E-state index contributed by atoms with van der Waals surface area (Å²) in [5.74, 6) is -15.4. The molecule has 1 aromatic heterocycles. The second kappa shape index (κ2) is 4.99. The van der Waals surface area contributed by atoms with Gasteiger partial charge < -0.3 is 4.74 Å². The van der Waals surface area contributed by atoms with E-state index in [0.29, 0.717) is 0 Å². The number of hydrogen-bond donors (Lipinski definition) is 0. The van der Waals surface area contributed by atoms with Gasteiger partial charge in [0.15, 0.2) is 0 Å². The number of halogens is 7. The number of carbonyl (C=O) groups is 1. The van der Waals surface area contributed by atoms with Crippen LogP contribution in [0.3, 0.4) is 0 Å². The largest absolute Gasteiger partial charge is 0.460 e. The molecule has 0 saturated carbocycles. The summed E-state index contributed by atoms with van der Waals surface area (Å²) < 4.78 is 89.5. The second-order valence-corrected chi connectivity index (χ2v) is 4.13. The summed E-state index contributed by atoms with van der Waals surface area (Å²) in [7, 11) is 0. The van der Waals surface area contributed by atoms with E-state index in [1.807, 2.05) is 0 Å². The molecular weight excluding hydrogens is 305 g/mol. The number of hydrogen-bond acceptors (Lipinski definition) is 3. The van der Waals surface area contributed by atoms with Crippen molar-refractivity contribution >= 4 is 17.3 Å². The van der Waals surface area contributed by atoms with Crippen molar-refractivity contribution in [2.45, 2.75) is 24.6 Å². The Hall–Kier alpha value is -1.32. The Morgan fingerprint density at radius 2 is 1.74 bits per heavy atom. The Kier molecular flexibility index (Phi) is 4.13. The molecule has 0 radical (unpaired) electrons. The zero-order valence-electron chi connectivity index (χ0n) is 8.81. The van der Waals surface area contributed by atoms with Gasteiger partial charge in [0.05, 0.1) is 0 Å². The summed E-state index contributed by atoms with van der Waals surface area (Å²) in [5, 5.41) is 2.83. The topological polar surface area (TPSA) is 26.3 Å². The standard InChI is InChI=1S/C9H5F7O2S/c10-7(11,8(12,13)9(14,15)16)6(17)18-3-5-1-2-19-4-5/h1-2,4H,3H2. The van der Waals surface area contributed by atoms with Crippen molar-refractivity contribution in [3.63, 3.8) is 0 Å². The Bertz CT molecular complexity index is 438. The van der Waals surface area contributed by atoms with Crippen LogP contribution in [0.4, 0.5) is 30.7 Å². The van der Waals surface area contributed by atoms with Crippen molar-refractivity contribution in [1.29, 1.82) is 0 Å². The maximum atomic E-state index is 12.8.